The van der Waals surface area contributed by atoms with E-state index >= 15 is 0 Å². The lowest BCUT2D eigenvalue weighted by molar-refractivity contribution is -0.167. The van der Waals surface area contributed by atoms with Crippen molar-refractivity contribution in [1.29, 1.82) is 0 Å². The number of carbonyl (C=O) groups excluding carboxylic acids is 3. The summed E-state index contributed by atoms with van der Waals surface area (Å²) in [5.74, 6) is -0.891. The van der Waals surface area contributed by atoms with Crippen LogP contribution in [-0.4, -0.2) is 37.2 Å². The largest absolute Gasteiger partial charge is 0.462 e. The van der Waals surface area contributed by atoms with Crippen LogP contribution in [0.4, 0.5) is 0 Å². The molecule has 6 nitrogen and oxygen atoms in total. The van der Waals surface area contributed by atoms with Crippen LogP contribution in [0, 0.1) is 0 Å². The van der Waals surface area contributed by atoms with Crippen molar-refractivity contribution in [1.82, 2.24) is 0 Å². The number of rotatable bonds is 41. The number of allylic oxidation sites excluding steroid dienone is 8. The molecule has 0 aliphatic heterocycles. The summed E-state index contributed by atoms with van der Waals surface area (Å²) in [6.45, 7) is 6.42. The molecule has 1 atom stereocenters. The van der Waals surface area contributed by atoms with E-state index in [4.69, 9.17) is 14.2 Å². The van der Waals surface area contributed by atoms with Gasteiger partial charge in [0.25, 0.3) is 0 Å². The molecule has 0 aromatic heterocycles. The molecule has 0 fully saturated rings. The van der Waals surface area contributed by atoms with Gasteiger partial charge in [0.15, 0.2) is 6.10 Å². The summed E-state index contributed by atoms with van der Waals surface area (Å²) in [6.07, 6.45) is 51.3. The number of carbonyl (C=O) groups is 3. The SMILES string of the molecule is CC/C=C\C/C=C\C/C=C\C/C=C\CCCCCCCCCCCCC(=O)OCC(COC(=O)CCCCCCCC)OC(=O)CCCCCCCCCC. The fourth-order valence-corrected chi connectivity index (χ4v) is 6.37. The highest BCUT2D eigenvalue weighted by Gasteiger charge is 2.19. The van der Waals surface area contributed by atoms with Gasteiger partial charge in [0.2, 0.25) is 0 Å². The van der Waals surface area contributed by atoms with Crippen LogP contribution < -0.4 is 0 Å². The molecule has 0 aromatic rings. The summed E-state index contributed by atoms with van der Waals surface area (Å²) in [7, 11) is 0. The minimum absolute atomic E-state index is 0.0730. The van der Waals surface area contributed by atoms with E-state index in [9.17, 15) is 14.4 Å². The van der Waals surface area contributed by atoms with Gasteiger partial charge in [-0.05, 0) is 57.8 Å². The topological polar surface area (TPSA) is 78.9 Å². The van der Waals surface area contributed by atoms with Crippen molar-refractivity contribution in [3.63, 3.8) is 0 Å². The highest BCUT2D eigenvalue weighted by atomic mass is 16.6. The summed E-state index contributed by atoms with van der Waals surface area (Å²) in [6, 6.07) is 0. The molecule has 1 unspecified atom stereocenters. The number of hydrogen-bond acceptors (Lipinski definition) is 6. The molecule has 0 aliphatic carbocycles. The minimum Gasteiger partial charge on any atom is -0.462 e. The van der Waals surface area contributed by atoms with Crippen LogP contribution >= 0.6 is 0 Å². The third kappa shape index (κ3) is 42.4. The molecule has 0 saturated heterocycles. The zero-order chi connectivity index (χ0) is 40.1. The summed E-state index contributed by atoms with van der Waals surface area (Å²) < 4.78 is 16.6. The van der Waals surface area contributed by atoms with E-state index in [1.54, 1.807) is 0 Å². The first-order chi connectivity index (χ1) is 27.0. The Morgan fingerprint density at radius 2 is 0.709 bits per heavy atom. The monoisotopic (exact) mass is 771 g/mol. The van der Waals surface area contributed by atoms with E-state index in [0.717, 1.165) is 83.5 Å². The smallest absolute Gasteiger partial charge is 0.306 e. The van der Waals surface area contributed by atoms with Crippen molar-refractivity contribution in [2.75, 3.05) is 13.2 Å². The summed E-state index contributed by atoms with van der Waals surface area (Å²) in [5, 5.41) is 0. The summed E-state index contributed by atoms with van der Waals surface area (Å²) in [5.41, 5.74) is 0. The number of hydrogen-bond donors (Lipinski definition) is 0. The van der Waals surface area contributed by atoms with Crippen LogP contribution in [0.3, 0.4) is 0 Å². The Hall–Kier alpha value is -2.63. The Morgan fingerprint density at radius 3 is 1.11 bits per heavy atom. The van der Waals surface area contributed by atoms with Gasteiger partial charge in [0.1, 0.15) is 13.2 Å². The normalized spacial score (nSPS) is 12.4. The van der Waals surface area contributed by atoms with Gasteiger partial charge in [-0.15, -0.1) is 0 Å². The first-order valence-corrected chi connectivity index (χ1v) is 23.1. The zero-order valence-electron chi connectivity index (χ0n) is 36.2. The Kier molecular flexibility index (Phi) is 42.0. The predicted molar refractivity (Wildman–Crippen MR) is 233 cm³/mol. The Labute approximate surface area is 339 Å². The van der Waals surface area contributed by atoms with Gasteiger partial charge in [0.05, 0.1) is 0 Å². The standard InChI is InChI=1S/C49H86O6/c1-4-7-10-13-16-18-19-20-21-22-23-24-25-26-27-28-29-30-31-32-34-36-39-42-48(51)54-45-46(44-53-47(50)41-38-35-15-12-9-6-3)55-49(52)43-40-37-33-17-14-11-8-5-2/h7,10,16,18,20-21,23-24,46H,4-6,8-9,11-15,17,19,22,25-45H2,1-3H3/b10-7-,18-16-,21-20-,24-23-. The van der Waals surface area contributed by atoms with Crippen molar-refractivity contribution < 1.29 is 28.6 Å². The third-order valence-electron chi connectivity index (χ3n) is 9.85. The Bertz CT molecular complexity index is 980. The molecule has 0 amide bonds. The van der Waals surface area contributed by atoms with Gasteiger partial charge in [0, 0.05) is 19.3 Å². The van der Waals surface area contributed by atoms with Gasteiger partial charge < -0.3 is 14.2 Å². The van der Waals surface area contributed by atoms with E-state index in [0.29, 0.717) is 19.3 Å². The number of ether oxygens (including phenoxy) is 3. The number of esters is 3. The first-order valence-electron chi connectivity index (χ1n) is 23.1. The zero-order valence-corrected chi connectivity index (χ0v) is 36.2. The van der Waals surface area contributed by atoms with Crippen molar-refractivity contribution >= 4 is 17.9 Å². The lowest BCUT2D eigenvalue weighted by Gasteiger charge is -2.18. The Morgan fingerprint density at radius 1 is 0.382 bits per heavy atom. The average Bonchev–Trinajstić information content (AvgIpc) is 3.18. The lowest BCUT2D eigenvalue weighted by atomic mass is 10.1. The maximum Gasteiger partial charge on any atom is 0.306 e. The van der Waals surface area contributed by atoms with E-state index in [-0.39, 0.29) is 31.1 Å². The summed E-state index contributed by atoms with van der Waals surface area (Å²) in [4.78, 5) is 37.4. The molecule has 55 heavy (non-hydrogen) atoms. The van der Waals surface area contributed by atoms with Gasteiger partial charge in [-0.3, -0.25) is 14.4 Å². The molecule has 0 bridgehead atoms. The third-order valence-corrected chi connectivity index (χ3v) is 9.85. The van der Waals surface area contributed by atoms with Crippen LogP contribution in [0.25, 0.3) is 0 Å². The van der Waals surface area contributed by atoms with E-state index < -0.39 is 6.10 Å². The van der Waals surface area contributed by atoms with E-state index in [2.05, 4.69) is 69.4 Å². The van der Waals surface area contributed by atoms with Crippen molar-refractivity contribution in [3.05, 3.63) is 48.6 Å². The molecule has 318 valence electrons. The molecule has 0 aromatic carbocycles. The van der Waals surface area contributed by atoms with Gasteiger partial charge in [-0.1, -0.05) is 198 Å². The van der Waals surface area contributed by atoms with Crippen LogP contribution in [-0.2, 0) is 28.6 Å². The average molecular weight is 771 g/mol. The van der Waals surface area contributed by atoms with Crippen LogP contribution in [0.1, 0.15) is 226 Å². The molecule has 0 rings (SSSR count). The molecule has 0 saturated carbocycles. The lowest BCUT2D eigenvalue weighted by Crippen LogP contribution is -2.30. The second-order valence-electron chi connectivity index (χ2n) is 15.3. The van der Waals surface area contributed by atoms with Crippen molar-refractivity contribution in [3.8, 4) is 0 Å². The fourth-order valence-electron chi connectivity index (χ4n) is 6.37. The molecular weight excluding hydrogens is 685 g/mol. The van der Waals surface area contributed by atoms with Crippen LogP contribution in [0.2, 0.25) is 0 Å². The van der Waals surface area contributed by atoms with E-state index in [1.807, 2.05) is 0 Å². The highest BCUT2D eigenvalue weighted by Crippen LogP contribution is 2.14. The first kappa shape index (κ1) is 52.4. The van der Waals surface area contributed by atoms with Gasteiger partial charge in [-0.25, -0.2) is 0 Å². The minimum atomic E-state index is -0.765. The fraction of sp³-hybridized carbons (Fsp3) is 0.776. The van der Waals surface area contributed by atoms with Crippen molar-refractivity contribution in [2.45, 2.75) is 232 Å². The highest BCUT2D eigenvalue weighted by molar-refractivity contribution is 5.71. The molecule has 0 N–H and O–H groups in total. The molecule has 0 heterocycles. The molecule has 0 spiro atoms. The van der Waals surface area contributed by atoms with Crippen LogP contribution in [0.15, 0.2) is 48.6 Å². The predicted octanol–water partition coefficient (Wildman–Crippen LogP) is 14.8. The van der Waals surface area contributed by atoms with Crippen LogP contribution in [0.5, 0.6) is 0 Å². The maximum atomic E-state index is 12.6. The second kappa shape index (κ2) is 44.1. The van der Waals surface area contributed by atoms with Gasteiger partial charge in [-0.2, -0.15) is 0 Å². The molecular formula is C49H86O6. The molecule has 0 radical (unpaired) electrons. The summed E-state index contributed by atoms with van der Waals surface area (Å²) >= 11 is 0. The second-order valence-corrected chi connectivity index (χ2v) is 15.3. The number of unbranched alkanes of at least 4 members (excludes halogenated alkanes) is 22. The Balaban J connectivity index is 4.08. The maximum absolute atomic E-state index is 12.6. The van der Waals surface area contributed by atoms with Crippen molar-refractivity contribution in [2.24, 2.45) is 0 Å². The van der Waals surface area contributed by atoms with Gasteiger partial charge >= 0.3 is 17.9 Å². The molecule has 0 aliphatic rings. The van der Waals surface area contributed by atoms with E-state index in [1.165, 1.54) is 103 Å². The molecule has 6 heteroatoms. The quantitative estimate of drug-likeness (QED) is 0.0267.